The molecular weight excluding hydrogens is 338 g/mol. The summed E-state index contributed by atoms with van der Waals surface area (Å²) < 4.78 is 26.7. The third-order valence-electron chi connectivity index (χ3n) is 3.72. The Morgan fingerprint density at radius 2 is 1.73 bits per heavy atom. The molecule has 2 N–H and O–H groups in total. The maximum atomic E-state index is 13.7. The minimum Gasteiger partial charge on any atom is -0.338 e. The van der Waals surface area contributed by atoms with Crippen molar-refractivity contribution in [3.8, 4) is 0 Å². The van der Waals surface area contributed by atoms with Gasteiger partial charge in [-0.25, -0.2) is 18.7 Å². The van der Waals surface area contributed by atoms with E-state index in [2.05, 4.69) is 20.6 Å². The van der Waals surface area contributed by atoms with Crippen molar-refractivity contribution in [2.24, 2.45) is 0 Å². The molecule has 7 heteroatoms. The van der Waals surface area contributed by atoms with Gasteiger partial charge < -0.3 is 10.6 Å². The lowest BCUT2D eigenvalue weighted by Gasteiger charge is -2.10. The molecule has 0 radical (unpaired) electrons. The van der Waals surface area contributed by atoms with Gasteiger partial charge in [0.1, 0.15) is 29.5 Å². The molecule has 0 saturated heterocycles. The van der Waals surface area contributed by atoms with E-state index in [1.807, 2.05) is 32.0 Å². The molecule has 0 unspecified atom stereocenters. The zero-order valence-corrected chi connectivity index (χ0v) is 14.2. The van der Waals surface area contributed by atoms with Crippen molar-refractivity contribution in [3.05, 3.63) is 77.2 Å². The van der Waals surface area contributed by atoms with Crippen LogP contribution in [0, 0.1) is 25.5 Å². The molecule has 26 heavy (non-hydrogen) atoms. The lowest BCUT2D eigenvalue weighted by Crippen LogP contribution is -2.15. The summed E-state index contributed by atoms with van der Waals surface area (Å²) in [6, 6.07) is 10.2. The Hall–Kier alpha value is -3.35. The number of aromatic nitrogens is 2. The lowest BCUT2D eigenvalue weighted by atomic mass is 10.1. The average molecular weight is 354 g/mol. The van der Waals surface area contributed by atoms with Crippen LogP contribution in [0.25, 0.3) is 0 Å². The standard InChI is InChI=1S/C19H16F2N4O/c1-11-3-5-15(12(2)7-11)25-19(26)17-9-18(23-10-22-17)24-16-6-4-13(20)8-14(16)21/h3-10H,1-2H3,(H,25,26)(H,22,23,24). The summed E-state index contributed by atoms with van der Waals surface area (Å²) in [5.74, 6) is -1.63. The highest BCUT2D eigenvalue weighted by Crippen LogP contribution is 2.20. The van der Waals surface area contributed by atoms with Gasteiger partial charge in [0.05, 0.1) is 5.69 Å². The number of nitrogens with zero attached hydrogens (tertiary/aromatic N) is 2. The van der Waals surface area contributed by atoms with Crippen LogP contribution in [-0.4, -0.2) is 15.9 Å². The van der Waals surface area contributed by atoms with E-state index in [0.717, 1.165) is 23.3 Å². The zero-order chi connectivity index (χ0) is 18.7. The number of rotatable bonds is 4. The first-order chi connectivity index (χ1) is 12.4. The number of anilines is 3. The van der Waals surface area contributed by atoms with Gasteiger partial charge in [-0.1, -0.05) is 17.7 Å². The van der Waals surface area contributed by atoms with Gasteiger partial charge in [0.25, 0.3) is 5.91 Å². The van der Waals surface area contributed by atoms with Gasteiger partial charge >= 0.3 is 0 Å². The first-order valence-corrected chi connectivity index (χ1v) is 7.85. The maximum Gasteiger partial charge on any atom is 0.274 e. The highest BCUT2D eigenvalue weighted by atomic mass is 19.1. The van der Waals surface area contributed by atoms with E-state index in [1.54, 1.807) is 0 Å². The minimum absolute atomic E-state index is 0.0471. The Labute approximate surface area is 149 Å². The summed E-state index contributed by atoms with van der Waals surface area (Å²) >= 11 is 0. The second kappa shape index (κ2) is 7.26. The molecule has 2 aromatic carbocycles. The van der Waals surface area contributed by atoms with Crippen LogP contribution in [0.3, 0.4) is 0 Å². The molecule has 0 aliphatic carbocycles. The third-order valence-corrected chi connectivity index (χ3v) is 3.72. The number of hydrogen-bond acceptors (Lipinski definition) is 4. The van der Waals surface area contributed by atoms with E-state index in [-0.39, 0.29) is 17.2 Å². The van der Waals surface area contributed by atoms with Gasteiger partial charge in [-0.2, -0.15) is 0 Å². The van der Waals surface area contributed by atoms with E-state index >= 15 is 0 Å². The highest BCUT2D eigenvalue weighted by Gasteiger charge is 2.12. The van der Waals surface area contributed by atoms with Gasteiger partial charge in [0.2, 0.25) is 0 Å². The second-order valence-corrected chi connectivity index (χ2v) is 5.81. The molecule has 0 spiro atoms. The first kappa shape index (κ1) is 17.5. The largest absolute Gasteiger partial charge is 0.338 e. The van der Waals surface area contributed by atoms with Crippen LogP contribution in [0.5, 0.6) is 0 Å². The van der Waals surface area contributed by atoms with Crippen molar-refractivity contribution in [3.63, 3.8) is 0 Å². The van der Waals surface area contributed by atoms with Crippen molar-refractivity contribution in [2.75, 3.05) is 10.6 Å². The van der Waals surface area contributed by atoms with E-state index in [9.17, 15) is 13.6 Å². The van der Waals surface area contributed by atoms with Crippen LogP contribution >= 0.6 is 0 Å². The SMILES string of the molecule is Cc1ccc(NC(=O)c2cc(Nc3ccc(F)cc3F)ncn2)c(C)c1. The van der Waals surface area contributed by atoms with Gasteiger partial charge in [0, 0.05) is 17.8 Å². The second-order valence-electron chi connectivity index (χ2n) is 5.81. The predicted molar refractivity (Wildman–Crippen MR) is 95.5 cm³/mol. The topological polar surface area (TPSA) is 66.9 Å². The van der Waals surface area contributed by atoms with E-state index < -0.39 is 17.5 Å². The van der Waals surface area contributed by atoms with Crippen LogP contribution in [0.15, 0.2) is 48.8 Å². The maximum absolute atomic E-state index is 13.7. The fourth-order valence-electron chi connectivity index (χ4n) is 2.42. The molecule has 1 heterocycles. The molecule has 0 fully saturated rings. The van der Waals surface area contributed by atoms with Crippen molar-refractivity contribution in [2.45, 2.75) is 13.8 Å². The molecule has 5 nitrogen and oxygen atoms in total. The summed E-state index contributed by atoms with van der Waals surface area (Å²) in [5.41, 5.74) is 2.86. The summed E-state index contributed by atoms with van der Waals surface area (Å²) in [4.78, 5) is 20.3. The Bertz CT molecular complexity index is 976. The van der Waals surface area contributed by atoms with Gasteiger partial charge in [0.15, 0.2) is 0 Å². The minimum atomic E-state index is -0.759. The number of carbonyl (C=O) groups excluding carboxylic acids is 1. The quantitative estimate of drug-likeness (QED) is 0.730. The van der Waals surface area contributed by atoms with Crippen molar-refractivity contribution in [1.29, 1.82) is 0 Å². The normalized spacial score (nSPS) is 10.5. The number of hydrogen-bond donors (Lipinski definition) is 2. The highest BCUT2D eigenvalue weighted by molar-refractivity contribution is 6.03. The first-order valence-electron chi connectivity index (χ1n) is 7.85. The Balaban J connectivity index is 1.79. The molecule has 0 atom stereocenters. The molecule has 0 aliphatic heterocycles. The monoisotopic (exact) mass is 354 g/mol. The van der Waals surface area contributed by atoms with Gasteiger partial charge in [-0.15, -0.1) is 0 Å². The number of nitrogens with one attached hydrogen (secondary N) is 2. The fourth-order valence-corrected chi connectivity index (χ4v) is 2.42. The van der Waals surface area contributed by atoms with Crippen molar-refractivity contribution >= 4 is 23.1 Å². The Kier molecular flexibility index (Phi) is 4.88. The molecule has 0 bridgehead atoms. The molecular formula is C19H16F2N4O. The van der Waals surface area contributed by atoms with Gasteiger partial charge in [-0.05, 0) is 37.6 Å². The Morgan fingerprint density at radius 1 is 0.962 bits per heavy atom. The van der Waals surface area contributed by atoms with Gasteiger partial charge in [-0.3, -0.25) is 4.79 Å². The smallest absolute Gasteiger partial charge is 0.274 e. The fraction of sp³-hybridized carbons (Fsp3) is 0.105. The summed E-state index contributed by atoms with van der Waals surface area (Å²) in [5, 5.41) is 5.49. The van der Waals surface area contributed by atoms with E-state index in [0.29, 0.717) is 5.69 Å². The van der Waals surface area contributed by atoms with E-state index in [4.69, 9.17) is 0 Å². The van der Waals surface area contributed by atoms with Crippen molar-refractivity contribution in [1.82, 2.24) is 9.97 Å². The average Bonchev–Trinajstić information content (AvgIpc) is 2.60. The molecule has 1 aromatic heterocycles. The predicted octanol–water partition coefficient (Wildman–Crippen LogP) is 4.37. The number of halogens is 2. The molecule has 3 rings (SSSR count). The van der Waals surface area contributed by atoms with E-state index in [1.165, 1.54) is 18.5 Å². The van der Waals surface area contributed by atoms with Crippen molar-refractivity contribution < 1.29 is 13.6 Å². The lowest BCUT2D eigenvalue weighted by molar-refractivity contribution is 0.102. The molecule has 3 aromatic rings. The number of carbonyl (C=O) groups is 1. The zero-order valence-electron chi connectivity index (χ0n) is 14.2. The third kappa shape index (κ3) is 4.00. The number of benzene rings is 2. The summed E-state index contributed by atoms with van der Waals surface area (Å²) in [6.07, 6.45) is 1.20. The van der Waals surface area contributed by atoms with Crippen LogP contribution in [-0.2, 0) is 0 Å². The van der Waals surface area contributed by atoms with Crippen LogP contribution in [0.4, 0.5) is 26.0 Å². The molecule has 1 amide bonds. The number of aryl methyl sites for hydroxylation is 2. The molecule has 132 valence electrons. The molecule has 0 aliphatic rings. The summed E-state index contributed by atoms with van der Waals surface area (Å²) in [6.45, 7) is 3.86. The van der Waals surface area contributed by atoms with Crippen LogP contribution in [0.1, 0.15) is 21.6 Å². The van der Waals surface area contributed by atoms with Crippen LogP contribution < -0.4 is 10.6 Å². The van der Waals surface area contributed by atoms with Crippen LogP contribution in [0.2, 0.25) is 0 Å². The number of amides is 1. The molecule has 0 saturated carbocycles. The summed E-state index contributed by atoms with van der Waals surface area (Å²) in [7, 11) is 0. The Morgan fingerprint density at radius 3 is 2.46 bits per heavy atom.